The number of fused-ring (bicyclic) bond motifs is 2. The van der Waals surface area contributed by atoms with Crippen LogP contribution in [0.1, 0.15) is 16.7 Å². The van der Waals surface area contributed by atoms with Crippen LogP contribution in [0, 0.1) is 11.3 Å². The minimum atomic E-state index is -0.883. The number of hydrogen-bond acceptors (Lipinski definition) is 11. The Morgan fingerprint density at radius 1 is 1.12 bits per heavy atom. The number of aliphatic hydroxyl groups is 1. The Labute approximate surface area is 286 Å². The van der Waals surface area contributed by atoms with Gasteiger partial charge in [0, 0.05) is 19.5 Å². The molecule has 4 amide bonds. The third-order valence-corrected chi connectivity index (χ3v) is 9.38. The number of hydrogen-bond donors (Lipinski definition) is 3. The van der Waals surface area contributed by atoms with Crippen LogP contribution in [0.3, 0.4) is 0 Å². The Balaban J connectivity index is 1.29. The topological polar surface area (TPSA) is 178 Å². The summed E-state index contributed by atoms with van der Waals surface area (Å²) in [6.45, 7) is 0.0271. The van der Waals surface area contributed by atoms with Crippen LogP contribution in [0.5, 0.6) is 11.5 Å². The Morgan fingerprint density at radius 2 is 1.86 bits per heavy atom. The number of carbonyl (C=O) groups excluding carboxylic acids is 3. The summed E-state index contributed by atoms with van der Waals surface area (Å²) < 4.78 is 11.6. The van der Waals surface area contributed by atoms with E-state index in [0.717, 1.165) is 21.4 Å². The number of nitrogens with two attached hydrogens (primary N) is 1. The summed E-state index contributed by atoms with van der Waals surface area (Å²) in [5.74, 6) is 0.677. The maximum Gasteiger partial charge on any atom is 0.333 e. The van der Waals surface area contributed by atoms with Gasteiger partial charge < -0.3 is 35.4 Å². The number of hydrazine groups is 1. The summed E-state index contributed by atoms with van der Waals surface area (Å²) in [7, 11) is 1.57. The van der Waals surface area contributed by atoms with E-state index in [1.165, 1.54) is 21.2 Å². The molecule has 4 N–H and O–H groups in total. The van der Waals surface area contributed by atoms with E-state index in [0.29, 0.717) is 22.1 Å². The Morgan fingerprint density at radius 3 is 2.57 bits per heavy atom. The molecule has 0 radical (unpaired) electrons. The lowest BCUT2D eigenvalue weighted by atomic mass is 9.99. The number of amides is 4. The maximum atomic E-state index is 14.3. The van der Waals surface area contributed by atoms with Crippen LogP contribution in [-0.2, 0) is 29.1 Å². The zero-order valence-electron chi connectivity index (χ0n) is 26.8. The summed E-state index contributed by atoms with van der Waals surface area (Å²) in [6, 6.07) is 20.7. The molecule has 49 heavy (non-hydrogen) atoms. The van der Waals surface area contributed by atoms with Crippen molar-refractivity contribution in [3.05, 3.63) is 83.4 Å². The molecule has 2 saturated heterocycles. The lowest BCUT2D eigenvalue weighted by Gasteiger charge is -2.46. The highest BCUT2D eigenvalue weighted by Gasteiger charge is 2.52. The molecule has 0 spiro atoms. The monoisotopic (exact) mass is 684 g/mol. The van der Waals surface area contributed by atoms with Gasteiger partial charge in [-0.15, -0.1) is 0 Å². The van der Waals surface area contributed by atoms with Gasteiger partial charge in [-0.3, -0.25) is 9.59 Å². The molecular formula is C34H36N8O6S. The van der Waals surface area contributed by atoms with Gasteiger partial charge in [0.2, 0.25) is 11.8 Å². The van der Waals surface area contributed by atoms with E-state index in [4.69, 9.17) is 20.3 Å². The zero-order chi connectivity index (χ0) is 34.5. The van der Waals surface area contributed by atoms with E-state index in [-0.39, 0.29) is 64.2 Å². The summed E-state index contributed by atoms with van der Waals surface area (Å²) in [4.78, 5) is 49.3. The predicted octanol–water partition coefficient (Wildman–Crippen LogP) is 2.33. The standard InChI is InChI=1S/C34H36N8O6S/c1-47-25-9-7-23(8-10-25)18-37-34(46)40(14-13-35)41-21-30(44)42-27(17-22-5-11-26(12-6-22)48-16-15-43)32(45)39(20-29(41)42)19-24-3-2-4-28-31(24)38-33(36)49-28/h2-12,27,29,43H,14-21H2,1H3,(H2,36,38)(H,37,46)/t27-,29+/m0/s1. The molecule has 0 bridgehead atoms. The van der Waals surface area contributed by atoms with Crippen molar-refractivity contribution in [2.24, 2.45) is 0 Å². The van der Waals surface area contributed by atoms with Crippen LogP contribution >= 0.6 is 11.3 Å². The SMILES string of the molecule is COc1ccc(CNC(=O)N(CC#N)N2CC(=O)N3[C@@H](Cc4ccc(OCCO)cc4)C(=O)N(Cc4cccc5sc(N)nc45)C[C@@H]32)cc1. The number of anilines is 1. The van der Waals surface area contributed by atoms with E-state index >= 15 is 0 Å². The minimum Gasteiger partial charge on any atom is -0.497 e. The first-order valence-electron chi connectivity index (χ1n) is 15.7. The second-order valence-electron chi connectivity index (χ2n) is 11.6. The number of para-hydroxylation sites is 1. The van der Waals surface area contributed by atoms with Gasteiger partial charge in [0.25, 0.3) is 0 Å². The van der Waals surface area contributed by atoms with Gasteiger partial charge in [0.05, 0.1) is 43.1 Å². The van der Waals surface area contributed by atoms with Crippen LogP contribution in [0.4, 0.5) is 9.93 Å². The average Bonchev–Trinajstić information content (AvgIpc) is 3.66. The number of rotatable bonds is 12. The molecular weight excluding hydrogens is 648 g/mol. The van der Waals surface area contributed by atoms with Crippen molar-refractivity contribution in [3.8, 4) is 17.6 Å². The van der Waals surface area contributed by atoms with Gasteiger partial charge in [-0.25, -0.2) is 14.8 Å². The Kier molecular flexibility index (Phi) is 10.1. The highest BCUT2D eigenvalue weighted by molar-refractivity contribution is 7.22. The molecule has 14 nitrogen and oxygen atoms in total. The molecule has 3 aromatic carbocycles. The number of nitriles is 1. The molecule has 254 valence electrons. The van der Waals surface area contributed by atoms with E-state index in [2.05, 4.69) is 16.4 Å². The summed E-state index contributed by atoms with van der Waals surface area (Å²) >= 11 is 1.36. The van der Waals surface area contributed by atoms with Gasteiger partial charge in [0.1, 0.15) is 36.9 Å². The summed E-state index contributed by atoms with van der Waals surface area (Å²) in [6.07, 6.45) is -0.510. The normalized spacial score (nSPS) is 17.6. The van der Waals surface area contributed by atoms with E-state index in [9.17, 15) is 19.6 Å². The molecule has 1 aromatic heterocycles. The van der Waals surface area contributed by atoms with Gasteiger partial charge >= 0.3 is 6.03 Å². The van der Waals surface area contributed by atoms with Crippen LogP contribution in [0.15, 0.2) is 66.7 Å². The Hall–Kier alpha value is -5.43. The molecule has 2 atom stereocenters. The fraction of sp³-hybridized carbons (Fsp3) is 0.324. The molecule has 2 aliphatic rings. The molecule has 0 saturated carbocycles. The molecule has 4 aromatic rings. The number of nitrogens with zero attached hydrogens (tertiary/aromatic N) is 6. The highest BCUT2D eigenvalue weighted by Crippen LogP contribution is 2.32. The van der Waals surface area contributed by atoms with Crippen molar-refractivity contribution in [2.75, 3.05) is 45.7 Å². The average molecular weight is 685 g/mol. The van der Waals surface area contributed by atoms with Gasteiger partial charge in [0.15, 0.2) is 5.13 Å². The van der Waals surface area contributed by atoms with Crippen LogP contribution < -0.4 is 20.5 Å². The number of carbonyl (C=O) groups is 3. The van der Waals surface area contributed by atoms with Gasteiger partial charge in [-0.05, 0) is 47.0 Å². The molecule has 2 aliphatic heterocycles. The number of ether oxygens (including phenoxy) is 2. The van der Waals surface area contributed by atoms with E-state index in [1.54, 1.807) is 41.3 Å². The number of methoxy groups -OCH3 is 1. The molecule has 0 unspecified atom stereocenters. The Bertz CT molecular complexity index is 1860. The molecule has 0 aliphatic carbocycles. The first-order valence-corrected chi connectivity index (χ1v) is 16.5. The number of benzene rings is 3. The number of nitrogens with one attached hydrogen (secondary N) is 1. The molecule has 3 heterocycles. The first kappa shape index (κ1) is 33.5. The lowest BCUT2D eigenvalue weighted by Crippen LogP contribution is -2.66. The number of nitrogen functional groups attached to an aromatic ring is 1. The predicted molar refractivity (Wildman–Crippen MR) is 181 cm³/mol. The zero-order valence-corrected chi connectivity index (χ0v) is 27.6. The maximum absolute atomic E-state index is 14.3. The second-order valence-corrected chi connectivity index (χ2v) is 12.6. The number of urea groups is 1. The smallest absolute Gasteiger partial charge is 0.333 e. The number of piperazine rings is 1. The quantitative estimate of drug-likeness (QED) is 0.188. The third-order valence-electron chi connectivity index (χ3n) is 8.53. The van der Waals surface area contributed by atoms with Crippen molar-refractivity contribution in [3.63, 3.8) is 0 Å². The van der Waals surface area contributed by atoms with Gasteiger partial charge in [-0.1, -0.05) is 47.7 Å². The van der Waals surface area contributed by atoms with Crippen LogP contribution in [0.25, 0.3) is 10.2 Å². The van der Waals surface area contributed by atoms with Gasteiger partial charge in [-0.2, -0.15) is 10.3 Å². The third kappa shape index (κ3) is 7.21. The van der Waals surface area contributed by atoms with E-state index in [1.807, 2.05) is 42.5 Å². The van der Waals surface area contributed by atoms with Crippen molar-refractivity contribution < 1.29 is 29.0 Å². The summed E-state index contributed by atoms with van der Waals surface area (Å²) in [5, 5.41) is 24.9. The van der Waals surface area contributed by atoms with Crippen molar-refractivity contribution in [1.29, 1.82) is 5.26 Å². The number of aliphatic hydroxyl groups excluding tert-OH is 1. The number of thiazole rings is 1. The van der Waals surface area contributed by atoms with Crippen molar-refractivity contribution >= 4 is 44.5 Å². The molecule has 2 fully saturated rings. The minimum absolute atomic E-state index is 0.0959. The first-order chi connectivity index (χ1) is 23.8. The largest absolute Gasteiger partial charge is 0.497 e. The van der Waals surface area contributed by atoms with Crippen LogP contribution in [0.2, 0.25) is 0 Å². The van der Waals surface area contributed by atoms with Crippen molar-refractivity contribution in [1.82, 2.24) is 30.1 Å². The molecule has 6 rings (SSSR count). The summed E-state index contributed by atoms with van der Waals surface area (Å²) in [5.41, 5.74) is 9.14. The highest BCUT2D eigenvalue weighted by atomic mass is 32.1. The molecule has 15 heteroatoms. The second kappa shape index (κ2) is 14.8. The van der Waals surface area contributed by atoms with Crippen LogP contribution in [-0.4, -0.2) is 99.9 Å². The fourth-order valence-corrected chi connectivity index (χ4v) is 7.00. The van der Waals surface area contributed by atoms with Crippen molar-refractivity contribution in [2.45, 2.75) is 31.7 Å². The fourth-order valence-electron chi connectivity index (χ4n) is 6.21. The lowest BCUT2D eigenvalue weighted by molar-refractivity contribution is -0.157. The number of aromatic nitrogens is 1. The van der Waals surface area contributed by atoms with E-state index < -0.39 is 18.2 Å².